The van der Waals surface area contributed by atoms with Gasteiger partial charge < -0.3 is 19.9 Å². The molecule has 10 heteroatoms. The zero-order valence-electron chi connectivity index (χ0n) is 18.2. The van der Waals surface area contributed by atoms with Crippen LogP contribution >= 0.6 is 11.8 Å². The van der Waals surface area contributed by atoms with Gasteiger partial charge in [0.1, 0.15) is 6.54 Å². The van der Waals surface area contributed by atoms with E-state index in [2.05, 4.69) is 5.32 Å². The monoisotopic (exact) mass is 470 g/mol. The van der Waals surface area contributed by atoms with Crippen molar-refractivity contribution in [2.45, 2.75) is 20.0 Å². The molecule has 2 aromatic rings. The average Bonchev–Trinajstić information content (AvgIpc) is 3.03. The lowest BCUT2D eigenvalue weighted by Crippen LogP contribution is -2.36. The van der Waals surface area contributed by atoms with Crippen LogP contribution in [0, 0.1) is 6.92 Å². The van der Waals surface area contributed by atoms with Crippen molar-refractivity contribution in [2.75, 3.05) is 19.0 Å². The van der Waals surface area contributed by atoms with Crippen LogP contribution in [-0.4, -0.2) is 52.8 Å². The van der Waals surface area contributed by atoms with E-state index in [1.165, 1.54) is 26.2 Å². The molecule has 0 aliphatic carbocycles. The number of methoxy groups -OCH3 is 1. The van der Waals surface area contributed by atoms with Crippen molar-refractivity contribution < 1.29 is 33.8 Å². The number of carbonyl (C=O) groups excluding carboxylic acids is 3. The van der Waals surface area contributed by atoms with E-state index in [0.29, 0.717) is 11.3 Å². The molecule has 0 aromatic heterocycles. The lowest BCUT2D eigenvalue weighted by Gasteiger charge is -2.14. The summed E-state index contributed by atoms with van der Waals surface area (Å²) in [5.41, 5.74) is 2.15. The third-order valence-corrected chi connectivity index (χ3v) is 5.55. The molecular weight excluding hydrogens is 448 g/mol. The largest absolute Gasteiger partial charge is 0.493 e. The quantitative estimate of drug-likeness (QED) is 0.562. The Kier molecular flexibility index (Phi) is 7.39. The SMILES string of the molecule is COc1cc(/C=C2\SC(=O)N(CC(=O)Nc3ccc(C)cc3)C2=O)ccc1O[C@@H](C)C(=O)O. The molecule has 9 nitrogen and oxygen atoms in total. The van der Waals surface area contributed by atoms with Gasteiger partial charge in [-0.05, 0) is 61.5 Å². The second-order valence-electron chi connectivity index (χ2n) is 7.19. The first-order valence-corrected chi connectivity index (χ1v) is 10.7. The number of nitrogens with zero attached hydrogens (tertiary/aromatic N) is 1. The minimum atomic E-state index is -1.12. The predicted molar refractivity (Wildman–Crippen MR) is 123 cm³/mol. The summed E-state index contributed by atoms with van der Waals surface area (Å²) in [6, 6.07) is 11.8. The van der Waals surface area contributed by atoms with E-state index in [1.807, 2.05) is 19.1 Å². The van der Waals surface area contributed by atoms with E-state index in [9.17, 15) is 19.2 Å². The van der Waals surface area contributed by atoms with Gasteiger partial charge in [-0.2, -0.15) is 0 Å². The third-order valence-electron chi connectivity index (χ3n) is 4.65. The van der Waals surface area contributed by atoms with Crippen molar-refractivity contribution in [1.82, 2.24) is 4.90 Å². The lowest BCUT2D eigenvalue weighted by atomic mass is 10.1. The van der Waals surface area contributed by atoms with E-state index < -0.39 is 35.7 Å². The highest BCUT2D eigenvalue weighted by atomic mass is 32.2. The molecule has 3 amide bonds. The molecule has 1 aliphatic heterocycles. The highest BCUT2D eigenvalue weighted by molar-refractivity contribution is 8.18. The fraction of sp³-hybridized carbons (Fsp3) is 0.217. The number of benzene rings is 2. The van der Waals surface area contributed by atoms with Gasteiger partial charge >= 0.3 is 5.97 Å². The minimum Gasteiger partial charge on any atom is -0.493 e. The van der Waals surface area contributed by atoms with Gasteiger partial charge in [-0.25, -0.2) is 4.79 Å². The summed E-state index contributed by atoms with van der Waals surface area (Å²) in [6.07, 6.45) is 0.419. The van der Waals surface area contributed by atoms with Gasteiger partial charge in [-0.1, -0.05) is 23.8 Å². The molecule has 2 aromatic carbocycles. The fourth-order valence-corrected chi connectivity index (χ4v) is 3.72. The molecule has 0 saturated carbocycles. The first kappa shape index (κ1) is 23.9. The van der Waals surface area contributed by atoms with Crippen LogP contribution in [0.15, 0.2) is 47.4 Å². The van der Waals surface area contributed by atoms with E-state index in [-0.39, 0.29) is 16.4 Å². The maximum Gasteiger partial charge on any atom is 0.344 e. The Hall–Kier alpha value is -3.79. The number of thioether (sulfide) groups is 1. The number of anilines is 1. The van der Waals surface area contributed by atoms with Gasteiger partial charge in [0.05, 0.1) is 12.0 Å². The number of ether oxygens (including phenoxy) is 2. The molecule has 3 rings (SSSR count). The topological polar surface area (TPSA) is 122 Å². The average molecular weight is 471 g/mol. The highest BCUT2D eigenvalue weighted by Crippen LogP contribution is 2.34. The molecule has 33 heavy (non-hydrogen) atoms. The molecule has 172 valence electrons. The van der Waals surface area contributed by atoms with Crippen LogP contribution in [0.1, 0.15) is 18.1 Å². The Bertz CT molecular complexity index is 1130. The number of nitrogens with one attached hydrogen (secondary N) is 1. The molecule has 0 spiro atoms. The van der Waals surface area contributed by atoms with Crippen molar-refractivity contribution in [3.05, 3.63) is 58.5 Å². The summed E-state index contributed by atoms with van der Waals surface area (Å²) in [5, 5.41) is 11.1. The Balaban J connectivity index is 1.71. The van der Waals surface area contributed by atoms with E-state index >= 15 is 0 Å². The Morgan fingerprint density at radius 1 is 1.15 bits per heavy atom. The summed E-state index contributed by atoms with van der Waals surface area (Å²) in [5.74, 6) is -1.69. The zero-order chi connectivity index (χ0) is 24.1. The maximum atomic E-state index is 12.7. The molecule has 1 fully saturated rings. The second-order valence-corrected chi connectivity index (χ2v) is 8.18. The number of imide groups is 1. The molecule has 1 saturated heterocycles. The number of carbonyl (C=O) groups is 4. The summed E-state index contributed by atoms with van der Waals surface area (Å²) in [7, 11) is 1.40. The molecular formula is C23H22N2O7S. The van der Waals surface area contributed by atoms with Gasteiger partial charge in [-0.15, -0.1) is 0 Å². The van der Waals surface area contributed by atoms with E-state index in [4.69, 9.17) is 14.6 Å². The van der Waals surface area contributed by atoms with Crippen molar-refractivity contribution in [3.63, 3.8) is 0 Å². The Morgan fingerprint density at radius 3 is 2.48 bits per heavy atom. The van der Waals surface area contributed by atoms with Crippen LogP contribution in [0.4, 0.5) is 10.5 Å². The Morgan fingerprint density at radius 2 is 1.85 bits per heavy atom. The van der Waals surface area contributed by atoms with Crippen molar-refractivity contribution in [3.8, 4) is 11.5 Å². The molecule has 2 N–H and O–H groups in total. The van der Waals surface area contributed by atoms with Gasteiger partial charge in [0.2, 0.25) is 5.91 Å². The standard InChI is InChI=1S/C23H22N2O7S/c1-13-4-7-16(8-5-13)24-20(26)12-25-21(27)19(33-23(25)30)11-15-6-9-17(18(10-15)31-3)32-14(2)22(28)29/h4-11,14H,12H2,1-3H3,(H,24,26)(H,28,29)/b19-11-/t14-/m0/s1. The molecule has 1 atom stereocenters. The van der Waals surface area contributed by atoms with Gasteiger partial charge in [0.15, 0.2) is 17.6 Å². The van der Waals surface area contributed by atoms with E-state index in [0.717, 1.165) is 22.2 Å². The van der Waals surface area contributed by atoms with Crippen LogP contribution in [0.25, 0.3) is 6.08 Å². The Labute approximate surface area is 194 Å². The summed E-state index contributed by atoms with van der Waals surface area (Å²) >= 11 is 0.728. The van der Waals surface area contributed by atoms with Crippen molar-refractivity contribution in [1.29, 1.82) is 0 Å². The van der Waals surface area contributed by atoms with Crippen molar-refractivity contribution in [2.24, 2.45) is 0 Å². The van der Waals surface area contributed by atoms with Gasteiger partial charge in [0, 0.05) is 5.69 Å². The first-order chi connectivity index (χ1) is 15.7. The molecule has 0 radical (unpaired) electrons. The third kappa shape index (κ3) is 5.92. The lowest BCUT2D eigenvalue weighted by molar-refractivity contribution is -0.144. The number of amides is 3. The zero-order valence-corrected chi connectivity index (χ0v) is 19.0. The molecule has 0 bridgehead atoms. The minimum absolute atomic E-state index is 0.151. The smallest absolute Gasteiger partial charge is 0.344 e. The number of hydrogen-bond acceptors (Lipinski definition) is 7. The number of aliphatic carboxylic acids is 1. The van der Waals surface area contributed by atoms with Gasteiger partial charge in [-0.3, -0.25) is 19.3 Å². The number of rotatable bonds is 8. The highest BCUT2D eigenvalue weighted by Gasteiger charge is 2.36. The summed E-state index contributed by atoms with van der Waals surface area (Å²) < 4.78 is 10.6. The molecule has 1 heterocycles. The maximum absolute atomic E-state index is 12.7. The first-order valence-electron chi connectivity index (χ1n) is 9.87. The van der Waals surface area contributed by atoms with Crippen LogP contribution in [0.5, 0.6) is 11.5 Å². The molecule has 0 unspecified atom stereocenters. The van der Waals surface area contributed by atoms with Crippen LogP contribution < -0.4 is 14.8 Å². The summed E-state index contributed by atoms with van der Waals surface area (Å²) in [4.78, 5) is 49.4. The predicted octanol–water partition coefficient (Wildman–Crippen LogP) is 3.53. The second kappa shape index (κ2) is 10.2. The number of aryl methyl sites for hydroxylation is 1. The fourth-order valence-electron chi connectivity index (χ4n) is 2.88. The number of carboxylic acid groups (broad SMARTS) is 1. The van der Waals surface area contributed by atoms with E-state index in [1.54, 1.807) is 24.3 Å². The molecule has 1 aliphatic rings. The van der Waals surface area contributed by atoms with Gasteiger partial charge in [0.25, 0.3) is 11.1 Å². The summed E-state index contributed by atoms with van der Waals surface area (Å²) in [6.45, 7) is 2.91. The van der Waals surface area contributed by atoms with Crippen LogP contribution in [-0.2, 0) is 14.4 Å². The van der Waals surface area contributed by atoms with Crippen LogP contribution in [0.2, 0.25) is 0 Å². The van der Waals surface area contributed by atoms with Crippen molar-refractivity contribution >= 4 is 46.5 Å². The number of hydrogen-bond donors (Lipinski definition) is 2. The van der Waals surface area contributed by atoms with Crippen LogP contribution in [0.3, 0.4) is 0 Å². The normalized spacial score (nSPS) is 15.5. The number of carboxylic acids is 1.